The fourth-order valence-corrected chi connectivity index (χ4v) is 5.15. The number of rotatable bonds is 2. The van der Waals surface area contributed by atoms with Crippen molar-refractivity contribution in [1.29, 1.82) is 0 Å². The minimum absolute atomic E-state index is 0.266. The lowest BCUT2D eigenvalue weighted by Crippen LogP contribution is -2.36. The predicted octanol–water partition coefficient (Wildman–Crippen LogP) is 4.93. The summed E-state index contributed by atoms with van der Waals surface area (Å²) in [5.74, 6) is 0. The molecule has 0 radical (unpaired) electrons. The average molecular weight is 349 g/mol. The fraction of sp³-hybridized carbons (Fsp3) is 0.143. The van der Waals surface area contributed by atoms with Gasteiger partial charge in [0.1, 0.15) is 0 Å². The second-order valence-electron chi connectivity index (χ2n) is 6.39. The van der Waals surface area contributed by atoms with E-state index in [0.29, 0.717) is 4.90 Å². The normalized spacial score (nSPS) is 16.2. The Balaban J connectivity index is 1.95. The van der Waals surface area contributed by atoms with Crippen LogP contribution in [-0.2, 0) is 10.0 Å². The molecule has 0 fully saturated rings. The van der Waals surface area contributed by atoms with Crippen molar-refractivity contribution in [3.8, 4) is 11.1 Å². The summed E-state index contributed by atoms with van der Waals surface area (Å²) in [7, 11) is -3.65. The number of hydrogen-bond acceptors (Lipinski definition) is 2. The Morgan fingerprint density at radius 1 is 0.800 bits per heavy atom. The summed E-state index contributed by atoms with van der Waals surface area (Å²) >= 11 is 0. The maximum Gasteiger partial charge on any atom is 0.264 e. The molecule has 126 valence electrons. The van der Waals surface area contributed by atoms with Gasteiger partial charge in [0.05, 0.1) is 16.6 Å². The first-order valence-corrected chi connectivity index (χ1v) is 9.73. The van der Waals surface area contributed by atoms with Gasteiger partial charge in [0.25, 0.3) is 10.0 Å². The molecule has 3 aromatic rings. The molecule has 0 bridgehead atoms. The molecule has 0 amide bonds. The van der Waals surface area contributed by atoms with E-state index in [9.17, 15) is 8.42 Å². The number of anilines is 1. The highest BCUT2D eigenvalue weighted by Crippen LogP contribution is 2.46. The van der Waals surface area contributed by atoms with E-state index >= 15 is 0 Å². The molecule has 1 heterocycles. The maximum absolute atomic E-state index is 13.4. The number of benzene rings is 3. The molecule has 0 saturated carbocycles. The van der Waals surface area contributed by atoms with Crippen molar-refractivity contribution in [2.45, 2.75) is 24.8 Å². The van der Waals surface area contributed by atoms with Gasteiger partial charge >= 0.3 is 0 Å². The quantitative estimate of drug-likeness (QED) is 0.658. The van der Waals surface area contributed by atoms with Gasteiger partial charge in [0.15, 0.2) is 0 Å². The third-order valence-corrected chi connectivity index (χ3v) is 6.67. The Kier molecular flexibility index (Phi) is 3.65. The van der Waals surface area contributed by atoms with Crippen molar-refractivity contribution >= 4 is 15.7 Å². The van der Waals surface area contributed by atoms with Crippen LogP contribution in [0, 0.1) is 6.92 Å². The minimum atomic E-state index is -3.65. The van der Waals surface area contributed by atoms with Crippen LogP contribution in [0.15, 0.2) is 77.7 Å². The molecule has 25 heavy (non-hydrogen) atoms. The monoisotopic (exact) mass is 349 g/mol. The van der Waals surface area contributed by atoms with Gasteiger partial charge in [-0.2, -0.15) is 0 Å². The van der Waals surface area contributed by atoms with Crippen LogP contribution in [0.2, 0.25) is 0 Å². The average Bonchev–Trinajstić information content (AvgIpc) is 2.62. The number of hydrogen-bond donors (Lipinski definition) is 0. The molecule has 4 heteroatoms. The van der Waals surface area contributed by atoms with Crippen LogP contribution in [0.3, 0.4) is 0 Å². The van der Waals surface area contributed by atoms with E-state index in [4.69, 9.17) is 0 Å². The van der Waals surface area contributed by atoms with Crippen LogP contribution >= 0.6 is 0 Å². The van der Waals surface area contributed by atoms with Crippen LogP contribution in [0.4, 0.5) is 5.69 Å². The smallest absolute Gasteiger partial charge is 0.258 e. The molecule has 1 aliphatic rings. The van der Waals surface area contributed by atoms with Crippen molar-refractivity contribution in [3.63, 3.8) is 0 Å². The highest BCUT2D eigenvalue weighted by molar-refractivity contribution is 7.92. The van der Waals surface area contributed by atoms with E-state index in [1.54, 1.807) is 16.4 Å². The van der Waals surface area contributed by atoms with Crippen LogP contribution in [-0.4, -0.2) is 8.42 Å². The standard InChI is InChI=1S/C21H19NO2S/c1-15-11-13-17(14-12-15)25(23,24)22-16(2)18-7-3-4-8-19(18)20-9-5-6-10-21(20)22/h3-14,16H,1-2H3. The zero-order chi connectivity index (χ0) is 17.6. The Labute approximate surface area is 148 Å². The number of para-hydroxylation sites is 1. The van der Waals surface area contributed by atoms with Crippen LogP contribution < -0.4 is 4.31 Å². The number of nitrogens with zero attached hydrogens (tertiary/aromatic N) is 1. The number of sulfonamides is 1. The lowest BCUT2D eigenvalue weighted by molar-refractivity contribution is 0.582. The van der Waals surface area contributed by atoms with Gasteiger partial charge in [0.2, 0.25) is 0 Å². The summed E-state index contributed by atoms with van der Waals surface area (Å²) < 4.78 is 28.4. The molecule has 3 nitrogen and oxygen atoms in total. The summed E-state index contributed by atoms with van der Waals surface area (Å²) in [5, 5.41) is 0. The van der Waals surface area contributed by atoms with Crippen molar-refractivity contribution < 1.29 is 8.42 Å². The van der Waals surface area contributed by atoms with Crippen molar-refractivity contribution in [2.75, 3.05) is 4.31 Å². The fourth-order valence-electron chi connectivity index (χ4n) is 3.50. The molecule has 0 aromatic heterocycles. The van der Waals surface area contributed by atoms with E-state index in [1.807, 2.05) is 68.4 Å². The molecule has 1 atom stereocenters. The van der Waals surface area contributed by atoms with Crippen LogP contribution in [0.5, 0.6) is 0 Å². The highest BCUT2D eigenvalue weighted by Gasteiger charge is 2.36. The molecular formula is C21H19NO2S. The first-order valence-electron chi connectivity index (χ1n) is 8.29. The molecule has 4 rings (SSSR count). The van der Waals surface area contributed by atoms with E-state index < -0.39 is 10.0 Å². The maximum atomic E-state index is 13.4. The van der Waals surface area contributed by atoms with Crippen molar-refractivity contribution in [3.05, 3.63) is 83.9 Å². The van der Waals surface area contributed by atoms with E-state index in [2.05, 4.69) is 6.07 Å². The molecule has 0 spiro atoms. The molecular weight excluding hydrogens is 330 g/mol. The predicted molar refractivity (Wildman–Crippen MR) is 101 cm³/mol. The molecule has 0 aliphatic carbocycles. The van der Waals surface area contributed by atoms with Gasteiger partial charge < -0.3 is 0 Å². The Morgan fingerprint density at radius 2 is 1.40 bits per heavy atom. The summed E-state index contributed by atoms with van der Waals surface area (Å²) in [5.41, 5.74) is 4.84. The first kappa shape index (κ1) is 15.9. The van der Waals surface area contributed by atoms with Gasteiger partial charge in [-0.05, 0) is 43.2 Å². The molecule has 1 unspecified atom stereocenters. The van der Waals surface area contributed by atoms with Crippen molar-refractivity contribution in [2.24, 2.45) is 0 Å². The lowest BCUT2D eigenvalue weighted by atomic mass is 9.90. The van der Waals surface area contributed by atoms with Gasteiger partial charge in [-0.15, -0.1) is 0 Å². The second-order valence-corrected chi connectivity index (χ2v) is 8.21. The summed E-state index contributed by atoms with van der Waals surface area (Å²) in [6.07, 6.45) is 0. The third-order valence-electron chi connectivity index (χ3n) is 4.77. The zero-order valence-corrected chi connectivity index (χ0v) is 15.0. The second kappa shape index (κ2) is 5.74. The first-order chi connectivity index (χ1) is 12.0. The number of aryl methyl sites for hydroxylation is 1. The summed E-state index contributed by atoms with van der Waals surface area (Å²) in [6.45, 7) is 3.89. The van der Waals surface area contributed by atoms with Crippen molar-refractivity contribution in [1.82, 2.24) is 0 Å². The summed E-state index contributed by atoms with van der Waals surface area (Å²) in [6, 6.07) is 22.5. The van der Waals surface area contributed by atoms with Crippen LogP contribution in [0.1, 0.15) is 24.1 Å². The van der Waals surface area contributed by atoms with Gasteiger partial charge in [-0.3, -0.25) is 4.31 Å². The Bertz CT molecular complexity index is 1040. The largest absolute Gasteiger partial charge is 0.264 e. The van der Waals surface area contributed by atoms with E-state index in [0.717, 1.165) is 27.9 Å². The van der Waals surface area contributed by atoms with Gasteiger partial charge in [-0.25, -0.2) is 8.42 Å². The van der Waals surface area contributed by atoms with E-state index in [-0.39, 0.29) is 6.04 Å². The Hall–Kier alpha value is -2.59. The van der Waals surface area contributed by atoms with Gasteiger partial charge in [0, 0.05) is 5.56 Å². The molecule has 0 saturated heterocycles. The summed E-state index contributed by atoms with van der Waals surface area (Å²) in [4.78, 5) is 0.319. The zero-order valence-electron chi connectivity index (χ0n) is 14.2. The third kappa shape index (κ3) is 2.45. The van der Waals surface area contributed by atoms with Gasteiger partial charge in [-0.1, -0.05) is 60.2 Å². The number of fused-ring (bicyclic) bond motifs is 3. The lowest BCUT2D eigenvalue weighted by Gasteiger charge is -2.37. The molecule has 3 aromatic carbocycles. The topological polar surface area (TPSA) is 37.4 Å². The Morgan fingerprint density at radius 3 is 2.12 bits per heavy atom. The molecule has 1 aliphatic heterocycles. The highest BCUT2D eigenvalue weighted by atomic mass is 32.2. The minimum Gasteiger partial charge on any atom is -0.258 e. The SMILES string of the molecule is Cc1ccc(S(=O)(=O)N2c3ccccc3-c3ccccc3C2C)cc1. The van der Waals surface area contributed by atoms with E-state index in [1.165, 1.54) is 0 Å². The van der Waals surface area contributed by atoms with Crippen LogP contribution in [0.25, 0.3) is 11.1 Å². The molecule has 0 N–H and O–H groups in total.